The third-order valence-electron chi connectivity index (χ3n) is 2.55. The molecule has 3 rings (SSSR count). The topological polar surface area (TPSA) is 84.7 Å². The van der Waals surface area contributed by atoms with Crippen LogP contribution in [0.15, 0.2) is 29.9 Å². The Morgan fingerprint density at radius 2 is 2.29 bits per heavy atom. The molecule has 0 aromatic carbocycles. The predicted molar refractivity (Wildman–Crippen MR) is 56.7 cm³/mol. The number of aliphatic carboxylic acids is 1. The summed E-state index contributed by atoms with van der Waals surface area (Å²) in [6.07, 6.45) is 6.20. The Morgan fingerprint density at radius 3 is 3.12 bits per heavy atom. The number of nitrogens with zero attached hydrogens (tertiary/aromatic N) is 3. The number of carboxylic acids is 1. The van der Waals surface area contributed by atoms with Gasteiger partial charge in [-0.25, -0.2) is 19.8 Å². The second-order valence-corrected chi connectivity index (χ2v) is 3.50. The normalized spacial score (nSPS) is 16.2. The monoisotopic (exact) mass is 229 g/mol. The number of carboxylic acid groups (broad SMARTS) is 1. The van der Waals surface area contributed by atoms with Crippen molar-refractivity contribution in [3.63, 3.8) is 0 Å². The van der Waals surface area contributed by atoms with Gasteiger partial charge in [0.2, 0.25) is 0 Å². The molecule has 0 bridgehead atoms. The summed E-state index contributed by atoms with van der Waals surface area (Å²) in [7, 11) is 0. The second-order valence-electron chi connectivity index (χ2n) is 3.50. The predicted octanol–water partition coefficient (Wildman–Crippen LogP) is -0.422. The molecule has 0 saturated heterocycles. The van der Waals surface area contributed by atoms with Crippen molar-refractivity contribution in [3.8, 4) is 0 Å². The molecule has 0 saturated carbocycles. The lowest BCUT2D eigenvalue weighted by molar-refractivity contribution is -0.130. The number of carbonyl (C=O) groups is 1. The highest BCUT2D eigenvalue weighted by Crippen LogP contribution is 2.18. The summed E-state index contributed by atoms with van der Waals surface area (Å²) in [6.45, 7) is 0. The van der Waals surface area contributed by atoms with E-state index < -0.39 is 5.97 Å². The van der Waals surface area contributed by atoms with Gasteiger partial charge in [0.25, 0.3) is 0 Å². The minimum Gasteiger partial charge on any atom is -0.478 e. The van der Waals surface area contributed by atoms with E-state index >= 15 is 0 Å². The minimum atomic E-state index is -1.01. The quantitative estimate of drug-likeness (QED) is 0.706. The summed E-state index contributed by atoms with van der Waals surface area (Å²) in [4.78, 5) is 23.2. The molecule has 1 aromatic heterocycles. The molecule has 0 atom stereocenters. The Kier molecular flexibility index (Phi) is 2.01. The van der Waals surface area contributed by atoms with Gasteiger partial charge in [0, 0.05) is 6.42 Å². The van der Waals surface area contributed by atoms with E-state index in [2.05, 4.69) is 15.0 Å². The third-order valence-corrected chi connectivity index (χ3v) is 2.55. The first-order chi connectivity index (χ1) is 8.27. The molecule has 0 radical (unpaired) electrons. The third kappa shape index (κ3) is 1.42. The summed E-state index contributed by atoms with van der Waals surface area (Å²) in [5.41, 5.74) is 0.954. The zero-order chi connectivity index (χ0) is 11.8. The van der Waals surface area contributed by atoms with Crippen molar-refractivity contribution in [3.05, 3.63) is 41.3 Å². The number of rotatable bonds is 1. The van der Waals surface area contributed by atoms with Gasteiger partial charge in [-0.2, -0.15) is 0 Å². The Hall–Kier alpha value is -2.50. The molecule has 0 spiro atoms. The van der Waals surface area contributed by atoms with Gasteiger partial charge in [-0.1, -0.05) is 6.08 Å². The van der Waals surface area contributed by atoms with Crippen molar-refractivity contribution in [2.45, 2.75) is 6.42 Å². The fourth-order valence-electron chi connectivity index (χ4n) is 1.84. The molecular weight excluding hydrogens is 222 g/mol. The molecule has 1 aliphatic heterocycles. The molecule has 2 aliphatic rings. The minimum absolute atomic E-state index is 0.160. The highest BCUT2D eigenvalue weighted by Gasteiger charge is 2.21. The van der Waals surface area contributed by atoms with Gasteiger partial charge in [-0.05, 0) is 0 Å². The average Bonchev–Trinajstić information content (AvgIpc) is 2.54. The molecule has 17 heavy (non-hydrogen) atoms. The van der Waals surface area contributed by atoms with E-state index in [4.69, 9.17) is 9.84 Å². The summed E-state index contributed by atoms with van der Waals surface area (Å²) < 4.78 is 5.36. The van der Waals surface area contributed by atoms with Gasteiger partial charge >= 0.3 is 5.97 Å². The maximum absolute atomic E-state index is 11.1. The van der Waals surface area contributed by atoms with Crippen molar-refractivity contribution >= 4 is 17.3 Å². The van der Waals surface area contributed by atoms with Crippen LogP contribution in [0.4, 0.5) is 0 Å². The summed E-state index contributed by atoms with van der Waals surface area (Å²) >= 11 is 0. The maximum Gasteiger partial charge on any atom is 0.337 e. The van der Waals surface area contributed by atoms with E-state index in [-0.39, 0.29) is 5.57 Å². The fourth-order valence-corrected chi connectivity index (χ4v) is 1.84. The lowest BCUT2D eigenvalue weighted by atomic mass is 10.0. The summed E-state index contributed by atoms with van der Waals surface area (Å²) in [5.74, 6) is -0.389. The van der Waals surface area contributed by atoms with Crippen LogP contribution in [0.2, 0.25) is 0 Å². The van der Waals surface area contributed by atoms with Crippen LogP contribution in [0, 0.1) is 0 Å². The fraction of sp³-hybridized carbons (Fsp3) is 0.0909. The van der Waals surface area contributed by atoms with Crippen molar-refractivity contribution in [1.82, 2.24) is 9.97 Å². The van der Waals surface area contributed by atoms with E-state index in [0.29, 0.717) is 28.6 Å². The van der Waals surface area contributed by atoms with E-state index in [1.165, 1.54) is 18.8 Å². The van der Waals surface area contributed by atoms with Gasteiger partial charge in [0.05, 0.1) is 22.7 Å². The standard InChI is InChI=1S/C11H7N3O3/c15-11(16)6-1-2-7-8-9(6)13-5-14-10(8)12-3-4-17-7/h1,3-5H,2H2,(H,15,16). The Labute approximate surface area is 95.3 Å². The largest absolute Gasteiger partial charge is 0.478 e. The van der Waals surface area contributed by atoms with Gasteiger partial charge in [-0.15, -0.1) is 0 Å². The van der Waals surface area contributed by atoms with Crippen LogP contribution < -0.4 is 10.7 Å². The first-order valence-electron chi connectivity index (χ1n) is 4.95. The molecule has 0 amide bonds. The molecule has 1 aliphatic carbocycles. The van der Waals surface area contributed by atoms with Crippen molar-refractivity contribution < 1.29 is 14.6 Å². The van der Waals surface area contributed by atoms with E-state index in [0.717, 1.165) is 0 Å². The smallest absolute Gasteiger partial charge is 0.337 e. The van der Waals surface area contributed by atoms with Gasteiger partial charge in [0.1, 0.15) is 18.3 Å². The molecule has 1 N–H and O–H groups in total. The SMILES string of the molecule is O=C(O)C1=CCC2=c3c1ncnc3=NC=CO2. The molecule has 6 nitrogen and oxygen atoms in total. The Balaban J connectivity index is 2.41. The Morgan fingerprint density at radius 1 is 1.41 bits per heavy atom. The lowest BCUT2D eigenvalue weighted by Crippen LogP contribution is -2.37. The van der Waals surface area contributed by atoms with E-state index in [1.807, 2.05) is 0 Å². The highest BCUT2D eigenvalue weighted by atomic mass is 16.5. The second kappa shape index (κ2) is 3.51. The van der Waals surface area contributed by atoms with E-state index in [1.54, 1.807) is 6.08 Å². The maximum atomic E-state index is 11.1. The van der Waals surface area contributed by atoms with Crippen molar-refractivity contribution in [2.75, 3.05) is 0 Å². The molecule has 0 unspecified atom stereocenters. The summed E-state index contributed by atoms with van der Waals surface area (Å²) in [6, 6.07) is 0. The van der Waals surface area contributed by atoms with E-state index in [9.17, 15) is 4.79 Å². The zero-order valence-corrected chi connectivity index (χ0v) is 8.62. The zero-order valence-electron chi connectivity index (χ0n) is 8.62. The molecule has 6 heteroatoms. The van der Waals surface area contributed by atoms with Crippen LogP contribution in [-0.4, -0.2) is 21.0 Å². The lowest BCUT2D eigenvalue weighted by Gasteiger charge is -2.11. The Bertz CT molecular complexity index is 688. The van der Waals surface area contributed by atoms with Crippen LogP contribution in [0.3, 0.4) is 0 Å². The first-order valence-corrected chi connectivity index (χ1v) is 4.95. The van der Waals surface area contributed by atoms with Crippen LogP contribution in [0.25, 0.3) is 11.3 Å². The number of hydrogen-bond donors (Lipinski definition) is 1. The average molecular weight is 229 g/mol. The molecule has 84 valence electrons. The molecular formula is C11H7N3O3. The highest BCUT2D eigenvalue weighted by molar-refractivity contribution is 6.15. The van der Waals surface area contributed by atoms with Crippen LogP contribution in [0.5, 0.6) is 0 Å². The van der Waals surface area contributed by atoms with Crippen LogP contribution in [-0.2, 0) is 9.53 Å². The number of hydrogen-bond acceptors (Lipinski definition) is 5. The van der Waals surface area contributed by atoms with Gasteiger partial charge in [-0.3, -0.25) is 0 Å². The van der Waals surface area contributed by atoms with Gasteiger partial charge < -0.3 is 9.84 Å². The molecule has 1 aromatic rings. The number of aromatic nitrogens is 2. The van der Waals surface area contributed by atoms with Crippen LogP contribution >= 0.6 is 0 Å². The summed E-state index contributed by atoms with van der Waals surface area (Å²) in [5, 5.41) is 9.67. The first kappa shape index (κ1) is 9.71. The van der Waals surface area contributed by atoms with Gasteiger partial charge in [0.15, 0.2) is 5.49 Å². The van der Waals surface area contributed by atoms with Crippen LogP contribution in [0.1, 0.15) is 12.1 Å². The van der Waals surface area contributed by atoms with Crippen molar-refractivity contribution in [1.29, 1.82) is 0 Å². The van der Waals surface area contributed by atoms with Crippen molar-refractivity contribution in [2.24, 2.45) is 4.99 Å². The molecule has 0 fully saturated rings. The molecule has 2 heterocycles. The number of ether oxygens (including phenoxy) is 1.